The quantitative estimate of drug-likeness (QED) is 0.376. The molecule has 2 N–H and O–H groups in total. The fourth-order valence-electron chi connectivity index (χ4n) is 3.84. The summed E-state index contributed by atoms with van der Waals surface area (Å²) in [7, 11) is 0. The predicted octanol–water partition coefficient (Wildman–Crippen LogP) is 5.18. The molecule has 2 aromatic heterocycles. The summed E-state index contributed by atoms with van der Waals surface area (Å²) in [4.78, 5) is 26.9. The number of aromatic amines is 1. The number of benzene rings is 2. The van der Waals surface area contributed by atoms with Crippen LogP contribution in [0.5, 0.6) is 11.6 Å². The van der Waals surface area contributed by atoms with Crippen LogP contribution in [0.2, 0.25) is 5.15 Å². The molecule has 2 aromatic carbocycles. The molecule has 0 unspecified atom stereocenters. The first-order chi connectivity index (χ1) is 16.9. The van der Waals surface area contributed by atoms with Crippen LogP contribution in [0.25, 0.3) is 10.9 Å². The number of hydrogen-bond donors (Lipinski definition) is 2. The van der Waals surface area contributed by atoms with E-state index >= 15 is 0 Å². The molecule has 1 saturated heterocycles. The third kappa shape index (κ3) is 4.67. The van der Waals surface area contributed by atoms with Gasteiger partial charge in [-0.1, -0.05) is 11.6 Å². The van der Waals surface area contributed by atoms with Gasteiger partial charge in [-0.25, -0.2) is 27.9 Å². The Balaban J connectivity index is 1.18. The molecule has 0 atom stereocenters. The van der Waals surface area contributed by atoms with Crippen LogP contribution in [0.4, 0.5) is 29.3 Å². The highest BCUT2D eigenvalue weighted by molar-refractivity contribution is 6.29. The van der Waals surface area contributed by atoms with Crippen LogP contribution in [-0.2, 0) is 0 Å². The van der Waals surface area contributed by atoms with E-state index in [4.69, 9.17) is 16.3 Å². The highest BCUT2D eigenvalue weighted by atomic mass is 35.5. The lowest BCUT2D eigenvalue weighted by Crippen LogP contribution is -2.50. The topological polar surface area (TPSA) is 86.4 Å². The van der Waals surface area contributed by atoms with Gasteiger partial charge in [0.15, 0.2) is 17.5 Å². The molecule has 0 bridgehead atoms. The maximum absolute atomic E-state index is 13.9. The number of halogens is 4. The first-order valence-electron chi connectivity index (χ1n) is 10.6. The van der Waals surface area contributed by atoms with Crippen LogP contribution < -0.4 is 15.0 Å². The van der Waals surface area contributed by atoms with Gasteiger partial charge in [0.05, 0.1) is 23.6 Å². The average Bonchev–Trinajstić information content (AvgIpc) is 3.27. The van der Waals surface area contributed by atoms with E-state index in [2.05, 4.69) is 25.2 Å². The van der Waals surface area contributed by atoms with Crippen molar-refractivity contribution in [3.05, 3.63) is 71.5 Å². The smallest absolute Gasteiger partial charge is 0.322 e. The predicted molar refractivity (Wildman–Crippen MR) is 125 cm³/mol. The van der Waals surface area contributed by atoms with E-state index in [0.29, 0.717) is 37.8 Å². The largest absolute Gasteiger partial charge is 0.438 e. The molecular formula is C23H18ClF3N6O2. The van der Waals surface area contributed by atoms with Crippen LogP contribution in [0.3, 0.4) is 0 Å². The van der Waals surface area contributed by atoms with Crippen LogP contribution in [0, 0.1) is 17.5 Å². The molecule has 12 heteroatoms. The zero-order chi connectivity index (χ0) is 24.5. The van der Waals surface area contributed by atoms with E-state index in [-0.39, 0.29) is 21.7 Å². The van der Waals surface area contributed by atoms with Crippen molar-refractivity contribution in [2.45, 2.75) is 0 Å². The molecule has 1 fully saturated rings. The molecule has 8 nitrogen and oxygen atoms in total. The summed E-state index contributed by atoms with van der Waals surface area (Å²) in [6.45, 7) is 2.03. The van der Waals surface area contributed by atoms with Gasteiger partial charge in [-0.3, -0.25) is 0 Å². The molecule has 3 heterocycles. The van der Waals surface area contributed by atoms with Crippen LogP contribution in [0.15, 0.2) is 48.9 Å². The van der Waals surface area contributed by atoms with Gasteiger partial charge >= 0.3 is 6.03 Å². The van der Waals surface area contributed by atoms with E-state index in [1.807, 2.05) is 24.3 Å². The van der Waals surface area contributed by atoms with Crippen molar-refractivity contribution < 1.29 is 22.7 Å². The van der Waals surface area contributed by atoms with Gasteiger partial charge in [0.1, 0.15) is 10.9 Å². The number of nitrogens with one attached hydrogen (secondary N) is 2. The van der Waals surface area contributed by atoms with Gasteiger partial charge in [-0.2, -0.15) is 0 Å². The Hall–Kier alpha value is -3.99. The number of ether oxygens (including phenoxy) is 1. The molecule has 2 amide bonds. The summed E-state index contributed by atoms with van der Waals surface area (Å²) >= 11 is 5.72. The van der Waals surface area contributed by atoms with E-state index in [1.165, 1.54) is 18.6 Å². The summed E-state index contributed by atoms with van der Waals surface area (Å²) < 4.78 is 46.6. The number of H-pyrrole nitrogens is 1. The lowest BCUT2D eigenvalue weighted by atomic mass is 10.2. The molecule has 35 heavy (non-hydrogen) atoms. The minimum absolute atomic E-state index is 0.0558. The standard InChI is InChI=1S/C23H18ClF3N6O2/c24-18-11-29-19(12-28-18)35-14-3-1-13(2-4-14)32-5-7-33(8-6-32)23(34)31-17-10-30-22-15(17)9-16(25)20(26)21(22)27/h1-4,9-12,30H,5-8H2,(H,31,34). The van der Waals surface area contributed by atoms with Gasteiger partial charge in [0, 0.05) is 43.4 Å². The maximum Gasteiger partial charge on any atom is 0.322 e. The van der Waals surface area contributed by atoms with Crippen molar-refractivity contribution in [3.8, 4) is 11.6 Å². The number of hydrogen-bond acceptors (Lipinski definition) is 5. The summed E-state index contributed by atoms with van der Waals surface area (Å²) in [5, 5.41) is 2.98. The van der Waals surface area contributed by atoms with Crippen LogP contribution in [-0.4, -0.2) is 52.1 Å². The molecule has 0 spiro atoms. The van der Waals surface area contributed by atoms with Crippen LogP contribution >= 0.6 is 11.6 Å². The van der Waals surface area contributed by atoms with Gasteiger partial charge in [-0.05, 0) is 30.3 Å². The number of amides is 2. The van der Waals surface area contributed by atoms with Crippen molar-refractivity contribution in [1.82, 2.24) is 19.9 Å². The number of urea groups is 1. The number of carbonyl (C=O) groups is 1. The second-order valence-electron chi connectivity index (χ2n) is 7.79. The van der Waals surface area contributed by atoms with Gasteiger partial charge in [-0.15, -0.1) is 0 Å². The molecular weight excluding hydrogens is 485 g/mol. The minimum Gasteiger partial charge on any atom is -0.438 e. The number of anilines is 2. The average molecular weight is 503 g/mol. The molecule has 5 rings (SSSR count). The Morgan fingerprint density at radius 3 is 2.46 bits per heavy atom. The van der Waals surface area contributed by atoms with E-state index in [9.17, 15) is 18.0 Å². The normalized spacial score (nSPS) is 13.8. The highest BCUT2D eigenvalue weighted by Crippen LogP contribution is 2.29. The minimum atomic E-state index is -1.56. The number of rotatable bonds is 4. The number of carbonyl (C=O) groups excluding carboxylic acids is 1. The Morgan fingerprint density at radius 1 is 1.03 bits per heavy atom. The van der Waals surface area contributed by atoms with Gasteiger partial charge < -0.3 is 24.8 Å². The Bertz CT molecular complexity index is 1370. The summed E-state index contributed by atoms with van der Waals surface area (Å²) in [6.07, 6.45) is 4.14. The van der Waals surface area contributed by atoms with Crippen molar-refractivity contribution in [2.24, 2.45) is 0 Å². The van der Waals surface area contributed by atoms with E-state index in [0.717, 1.165) is 11.8 Å². The number of piperazine rings is 1. The van der Waals surface area contributed by atoms with E-state index < -0.39 is 23.5 Å². The highest BCUT2D eigenvalue weighted by Gasteiger charge is 2.23. The lowest BCUT2D eigenvalue weighted by molar-refractivity contribution is 0.208. The molecule has 0 saturated carbocycles. The summed E-state index contributed by atoms with van der Waals surface area (Å²) in [5.41, 5.74) is 0.926. The zero-order valence-electron chi connectivity index (χ0n) is 18.1. The Kier molecular flexibility index (Phi) is 6.08. The van der Waals surface area contributed by atoms with Crippen LogP contribution in [0.1, 0.15) is 0 Å². The molecule has 180 valence electrons. The molecule has 1 aliphatic rings. The Morgan fingerprint density at radius 2 is 1.77 bits per heavy atom. The van der Waals surface area contributed by atoms with Crippen molar-refractivity contribution >= 4 is 39.9 Å². The van der Waals surface area contributed by atoms with Gasteiger partial charge in [0.2, 0.25) is 5.88 Å². The monoisotopic (exact) mass is 502 g/mol. The molecule has 4 aromatic rings. The number of nitrogens with zero attached hydrogens (tertiary/aromatic N) is 4. The SMILES string of the molecule is O=C(Nc1c[nH]c2c(F)c(F)c(F)cc12)N1CCN(c2ccc(Oc3cnc(Cl)cn3)cc2)CC1. The van der Waals surface area contributed by atoms with Crippen molar-refractivity contribution in [1.29, 1.82) is 0 Å². The third-order valence-corrected chi connectivity index (χ3v) is 5.84. The number of aromatic nitrogens is 3. The lowest BCUT2D eigenvalue weighted by Gasteiger charge is -2.36. The second-order valence-corrected chi connectivity index (χ2v) is 8.18. The first-order valence-corrected chi connectivity index (χ1v) is 11.0. The number of fused-ring (bicyclic) bond motifs is 1. The molecule has 0 aliphatic carbocycles. The van der Waals surface area contributed by atoms with E-state index in [1.54, 1.807) is 4.90 Å². The maximum atomic E-state index is 13.9. The van der Waals surface area contributed by atoms with Crippen molar-refractivity contribution in [3.63, 3.8) is 0 Å². The summed E-state index contributed by atoms with van der Waals surface area (Å²) in [5.74, 6) is -3.29. The first kappa shape index (κ1) is 22.8. The fourth-order valence-corrected chi connectivity index (χ4v) is 3.93. The fraction of sp³-hybridized carbons (Fsp3) is 0.174. The molecule has 1 aliphatic heterocycles. The Labute approximate surface area is 202 Å². The second kappa shape index (κ2) is 9.34. The molecule has 0 radical (unpaired) electrons. The summed E-state index contributed by atoms with van der Waals surface area (Å²) in [6, 6.07) is 7.87. The zero-order valence-corrected chi connectivity index (χ0v) is 18.8. The third-order valence-electron chi connectivity index (χ3n) is 5.64. The van der Waals surface area contributed by atoms with Crippen molar-refractivity contribution in [2.75, 3.05) is 36.4 Å². The van der Waals surface area contributed by atoms with Gasteiger partial charge in [0.25, 0.3) is 0 Å².